The molecular formula is C9H9F2N. The Morgan fingerprint density at radius 2 is 2.08 bits per heavy atom. The van der Waals surface area contributed by atoms with Crippen LogP contribution in [0.2, 0.25) is 0 Å². The van der Waals surface area contributed by atoms with E-state index in [9.17, 15) is 8.78 Å². The van der Waals surface area contributed by atoms with Crippen LogP contribution in [0.1, 0.15) is 12.0 Å². The largest absolute Gasteiger partial charge is 0.385 e. The number of hydrogen-bond donors (Lipinski definition) is 1. The van der Waals surface area contributed by atoms with Crippen LogP contribution in [0, 0.1) is 11.6 Å². The fraction of sp³-hybridized carbons (Fsp3) is 0.333. The minimum absolute atomic E-state index is 0.433. The van der Waals surface area contributed by atoms with Crippen LogP contribution in [0.3, 0.4) is 0 Å². The second kappa shape index (κ2) is 2.73. The summed E-state index contributed by atoms with van der Waals surface area (Å²) in [5.74, 6) is -0.946. The van der Waals surface area contributed by atoms with Gasteiger partial charge in [-0.3, -0.25) is 0 Å². The molecule has 1 N–H and O–H groups in total. The predicted octanol–water partition coefficient (Wildman–Crippen LogP) is 2.32. The van der Waals surface area contributed by atoms with Gasteiger partial charge in [0.25, 0.3) is 0 Å². The SMILES string of the molecule is Fc1cc(F)c2c(c1)NCCC2. The molecule has 2 rings (SSSR count). The monoisotopic (exact) mass is 169 g/mol. The number of anilines is 1. The Balaban J connectivity index is 2.53. The van der Waals surface area contributed by atoms with Crippen molar-refractivity contribution in [1.82, 2.24) is 0 Å². The lowest BCUT2D eigenvalue weighted by atomic mass is 10.0. The van der Waals surface area contributed by atoms with Crippen LogP contribution in [0.5, 0.6) is 0 Å². The smallest absolute Gasteiger partial charge is 0.131 e. The van der Waals surface area contributed by atoms with E-state index in [0.717, 1.165) is 19.0 Å². The van der Waals surface area contributed by atoms with Crippen LogP contribution >= 0.6 is 0 Å². The highest BCUT2D eigenvalue weighted by Gasteiger charge is 2.13. The van der Waals surface area contributed by atoms with Crippen molar-refractivity contribution in [2.45, 2.75) is 12.8 Å². The zero-order valence-electron chi connectivity index (χ0n) is 6.53. The highest BCUT2D eigenvalue weighted by molar-refractivity contribution is 5.53. The number of fused-ring (bicyclic) bond motifs is 1. The molecule has 3 heteroatoms. The summed E-state index contributed by atoms with van der Waals surface area (Å²) < 4.78 is 25.7. The third-order valence-electron chi connectivity index (χ3n) is 2.08. The Bertz CT molecular complexity index is 310. The first-order chi connectivity index (χ1) is 5.77. The molecule has 0 spiro atoms. The third-order valence-corrected chi connectivity index (χ3v) is 2.08. The fourth-order valence-electron chi connectivity index (χ4n) is 1.50. The molecule has 0 fully saturated rings. The molecule has 1 aliphatic rings. The summed E-state index contributed by atoms with van der Waals surface area (Å²) in [6.45, 7) is 0.801. The maximum atomic E-state index is 13.1. The lowest BCUT2D eigenvalue weighted by molar-refractivity contribution is 0.567. The summed E-state index contributed by atoms with van der Waals surface area (Å²) in [4.78, 5) is 0. The summed E-state index contributed by atoms with van der Waals surface area (Å²) in [5, 5.41) is 2.96. The Kier molecular flexibility index (Phi) is 1.71. The molecular weight excluding hydrogens is 160 g/mol. The molecule has 1 aliphatic heterocycles. The van der Waals surface area contributed by atoms with Crippen molar-refractivity contribution >= 4 is 5.69 Å². The zero-order valence-corrected chi connectivity index (χ0v) is 6.53. The molecule has 0 bridgehead atoms. The molecule has 1 nitrogen and oxygen atoms in total. The molecule has 1 heterocycles. The molecule has 12 heavy (non-hydrogen) atoms. The Morgan fingerprint density at radius 3 is 2.92 bits per heavy atom. The minimum Gasteiger partial charge on any atom is -0.385 e. The van der Waals surface area contributed by atoms with Crippen molar-refractivity contribution in [3.05, 3.63) is 29.3 Å². The third kappa shape index (κ3) is 1.15. The van der Waals surface area contributed by atoms with Gasteiger partial charge in [0.15, 0.2) is 0 Å². The number of nitrogens with one attached hydrogen (secondary N) is 1. The van der Waals surface area contributed by atoms with Crippen LogP contribution in [0.4, 0.5) is 14.5 Å². The van der Waals surface area contributed by atoms with Gasteiger partial charge >= 0.3 is 0 Å². The quantitative estimate of drug-likeness (QED) is 0.628. The second-order valence-electron chi connectivity index (χ2n) is 2.94. The van der Waals surface area contributed by atoms with Crippen molar-refractivity contribution in [2.24, 2.45) is 0 Å². The standard InChI is InChI=1S/C9H9F2N/c10-6-4-8(11)7-2-1-3-12-9(7)5-6/h4-5,12H,1-3H2. The maximum absolute atomic E-state index is 13.1. The van der Waals surface area contributed by atoms with Crippen LogP contribution in [0.15, 0.2) is 12.1 Å². The molecule has 1 aromatic carbocycles. The van der Waals surface area contributed by atoms with E-state index < -0.39 is 11.6 Å². The Morgan fingerprint density at radius 1 is 1.25 bits per heavy atom. The highest BCUT2D eigenvalue weighted by atomic mass is 19.1. The summed E-state index contributed by atoms with van der Waals surface area (Å²) in [7, 11) is 0. The minimum atomic E-state index is -0.513. The number of benzene rings is 1. The molecule has 0 amide bonds. The van der Waals surface area contributed by atoms with Crippen molar-refractivity contribution in [3.63, 3.8) is 0 Å². The molecule has 0 aromatic heterocycles. The van der Waals surface area contributed by atoms with E-state index in [1.807, 2.05) is 0 Å². The molecule has 0 atom stereocenters. The Hall–Kier alpha value is -1.12. The van der Waals surface area contributed by atoms with E-state index in [1.165, 1.54) is 6.07 Å². The van der Waals surface area contributed by atoms with Crippen molar-refractivity contribution in [3.8, 4) is 0 Å². The molecule has 0 saturated carbocycles. The van der Waals surface area contributed by atoms with E-state index >= 15 is 0 Å². The predicted molar refractivity (Wildman–Crippen MR) is 43.2 cm³/mol. The summed E-state index contributed by atoms with van der Waals surface area (Å²) in [6, 6.07) is 2.28. The zero-order chi connectivity index (χ0) is 8.55. The van der Waals surface area contributed by atoms with Gasteiger partial charge < -0.3 is 5.32 Å². The molecule has 0 unspecified atom stereocenters. The second-order valence-corrected chi connectivity index (χ2v) is 2.94. The van der Waals surface area contributed by atoms with Crippen molar-refractivity contribution in [1.29, 1.82) is 0 Å². The van der Waals surface area contributed by atoms with Gasteiger partial charge in [0.1, 0.15) is 11.6 Å². The molecule has 1 aromatic rings. The lowest BCUT2D eigenvalue weighted by Gasteiger charge is -2.18. The van der Waals surface area contributed by atoms with Gasteiger partial charge in [-0.15, -0.1) is 0 Å². The normalized spacial score (nSPS) is 15.2. The van der Waals surface area contributed by atoms with Crippen molar-refractivity contribution in [2.75, 3.05) is 11.9 Å². The van der Waals surface area contributed by atoms with Crippen LogP contribution in [0.25, 0.3) is 0 Å². The number of hydrogen-bond acceptors (Lipinski definition) is 1. The summed E-state index contributed by atoms with van der Waals surface area (Å²) in [5.41, 5.74) is 1.22. The molecule has 64 valence electrons. The molecule has 0 radical (unpaired) electrons. The molecule has 0 aliphatic carbocycles. The van der Waals surface area contributed by atoms with E-state index in [4.69, 9.17) is 0 Å². The first-order valence-electron chi connectivity index (χ1n) is 3.99. The topological polar surface area (TPSA) is 12.0 Å². The van der Waals surface area contributed by atoms with E-state index in [-0.39, 0.29) is 0 Å². The Labute approximate surface area is 69.4 Å². The average molecular weight is 169 g/mol. The fourth-order valence-corrected chi connectivity index (χ4v) is 1.50. The van der Waals surface area contributed by atoms with Gasteiger partial charge in [-0.25, -0.2) is 8.78 Å². The molecule has 0 saturated heterocycles. The van der Waals surface area contributed by atoms with Crippen molar-refractivity contribution < 1.29 is 8.78 Å². The average Bonchev–Trinajstić information content (AvgIpc) is 2.04. The van der Waals surface area contributed by atoms with Gasteiger partial charge in [0.2, 0.25) is 0 Å². The van der Waals surface area contributed by atoms with Gasteiger partial charge in [0.05, 0.1) is 0 Å². The van der Waals surface area contributed by atoms with Gasteiger partial charge in [-0.1, -0.05) is 0 Å². The van der Waals surface area contributed by atoms with Crippen LogP contribution in [-0.4, -0.2) is 6.54 Å². The number of halogens is 2. The van der Waals surface area contributed by atoms with E-state index in [1.54, 1.807) is 0 Å². The number of rotatable bonds is 0. The highest BCUT2D eigenvalue weighted by Crippen LogP contribution is 2.25. The van der Waals surface area contributed by atoms with Gasteiger partial charge in [-0.05, 0) is 18.9 Å². The first-order valence-corrected chi connectivity index (χ1v) is 3.99. The lowest BCUT2D eigenvalue weighted by Crippen LogP contribution is -2.13. The summed E-state index contributed by atoms with van der Waals surface area (Å²) in [6.07, 6.45) is 1.62. The van der Waals surface area contributed by atoms with Gasteiger partial charge in [0, 0.05) is 23.9 Å². The van der Waals surface area contributed by atoms with E-state index in [0.29, 0.717) is 17.7 Å². The van der Waals surface area contributed by atoms with E-state index in [2.05, 4.69) is 5.32 Å². The summed E-state index contributed by atoms with van der Waals surface area (Å²) >= 11 is 0. The van der Waals surface area contributed by atoms with Crippen LogP contribution < -0.4 is 5.32 Å². The van der Waals surface area contributed by atoms with Crippen LogP contribution in [-0.2, 0) is 6.42 Å². The first kappa shape index (κ1) is 7.53. The maximum Gasteiger partial charge on any atom is 0.131 e. The van der Waals surface area contributed by atoms with Gasteiger partial charge in [-0.2, -0.15) is 0 Å².